The van der Waals surface area contributed by atoms with Crippen LogP contribution in [0.15, 0.2) is 23.6 Å². The number of pyridine rings is 1. The summed E-state index contributed by atoms with van der Waals surface area (Å²) in [4.78, 5) is 52.2. The molecule has 3 heterocycles. The van der Waals surface area contributed by atoms with Crippen molar-refractivity contribution in [2.45, 2.75) is 115 Å². The zero-order valence-corrected chi connectivity index (χ0v) is 32.0. The molecule has 276 valence electrons. The quantitative estimate of drug-likeness (QED) is 0.258. The fraction of sp³-hybridized carbons (Fsp3) is 0.583. The summed E-state index contributed by atoms with van der Waals surface area (Å²) in [7, 11) is -2.23. The maximum atomic E-state index is 14.1. The number of nitrogens with zero attached hydrogens (tertiary/aromatic N) is 3. The van der Waals surface area contributed by atoms with E-state index >= 15 is 0 Å². The Labute approximate surface area is 302 Å². The Morgan fingerprint density at radius 1 is 1.14 bits per heavy atom. The maximum Gasteiger partial charge on any atom is 0.411 e. The van der Waals surface area contributed by atoms with Crippen LogP contribution in [0.25, 0.3) is 21.6 Å². The maximum absolute atomic E-state index is 14.1. The molecule has 6 rings (SSSR count). The molecular weight excluding hydrogens is 695 g/mol. The predicted molar refractivity (Wildman–Crippen MR) is 193 cm³/mol. The van der Waals surface area contributed by atoms with Crippen LogP contribution < -0.4 is 19.5 Å². The van der Waals surface area contributed by atoms with Gasteiger partial charge in [0.1, 0.15) is 45.5 Å². The van der Waals surface area contributed by atoms with Gasteiger partial charge in [0.2, 0.25) is 15.9 Å². The second kappa shape index (κ2) is 13.5. The number of amides is 3. The molecule has 0 unspecified atom stereocenters. The second-order valence-electron chi connectivity index (χ2n) is 15.1. The summed E-state index contributed by atoms with van der Waals surface area (Å²) in [5.41, 5.74) is 0.847. The highest BCUT2D eigenvalue weighted by Crippen LogP contribution is 2.47. The number of aromatic nitrogens is 2. The van der Waals surface area contributed by atoms with Crippen molar-refractivity contribution in [1.82, 2.24) is 24.9 Å². The minimum atomic E-state index is -3.83. The molecule has 2 aliphatic carbocycles. The lowest BCUT2D eigenvalue weighted by molar-refractivity contribution is -0.132. The number of aryl methyl sites for hydroxylation is 1. The van der Waals surface area contributed by atoms with E-state index in [0.29, 0.717) is 48.4 Å². The van der Waals surface area contributed by atoms with Gasteiger partial charge in [0.15, 0.2) is 0 Å². The first-order chi connectivity index (χ1) is 24.0. The van der Waals surface area contributed by atoms with E-state index in [2.05, 4.69) is 23.9 Å². The van der Waals surface area contributed by atoms with Gasteiger partial charge in [-0.15, -0.1) is 11.3 Å². The van der Waals surface area contributed by atoms with Crippen molar-refractivity contribution in [3.8, 4) is 22.2 Å². The number of sulfonamides is 1. The lowest BCUT2D eigenvalue weighted by Gasteiger charge is -2.29. The van der Waals surface area contributed by atoms with E-state index in [1.165, 1.54) is 16.2 Å². The third-order valence-electron chi connectivity index (χ3n) is 9.73. The molecule has 1 saturated heterocycles. The number of carbonyl (C=O) groups is 3. The Hall–Kier alpha value is -3.98. The Balaban J connectivity index is 1.31. The lowest BCUT2D eigenvalue weighted by Crippen LogP contribution is -2.57. The number of benzene rings is 1. The van der Waals surface area contributed by atoms with Crippen molar-refractivity contribution in [2.24, 2.45) is 5.92 Å². The van der Waals surface area contributed by atoms with Crippen LogP contribution >= 0.6 is 11.3 Å². The van der Waals surface area contributed by atoms with E-state index in [-0.39, 0.29) is 24.8 Å². The van der Waals surface area contributed by atoms with Crippen molar-refractivity contribution in [1.29, 1.82) is 0 Å². The summed E-state index contributed by atoms with van der Waals surface area (Å²) in [5.74, 6) is -0.151. The predicted octanol–water partition coefficient (Wildman–Crippen LogP) is 5.45. The van der Waals surface area contributed by atoms with Crippen LogP contribution in [0.4, 0.5) is 4.79 Å². The molecule has 51 heavy (non-hydrogen) atoms. The zero-order chi connectivity index (χ0) is 37.0. The standard InChI is InChI=1S/C36H47N5O8S2/c1-9-21-16-36(21,33(43)40-51(45,46)23-10-11-23)39-31(42)27-14-22(17-41(27)34(44)49-35(5,6)7)48-29-15-25(32-38-26(18-50-32)19(2)3)37-30-20(4)28(47-8)13-12-24(29)30/h12-13,15,18-19,21-23,27H,9-11,14,16-17H2,1-8H3,(H,39,42)(H,40,43)/t21-,22-,27+,36-/m1/s1. The van der Waals surface area contributed by atoms with Gasteiger partial charge < -0.3 is 19.5 Å². The third kappa shape index (κ3) is 7.50. The van der Waals surface area contributed by atoms with Crippen molar-refractivity contribution in [3.05, 3.63) is 34.8 Å². The molecule has 0 radical (unpaired) electrons. The van der Waals surface area contributed by atoms with Gasteiger partial charge in [0, 0.05) is 28.8 Å². The number of hydrogen-bond acceptors (Lipinski definition) is 11. The largest absolute Gasteiger partial charge is 0.496 e. The number of ether oxygens (including phenoxy) is 3. The number of carbonyl (C=O) groups excluding carboxylic acids is 3. The van der Waals surface area contributed by atoms with E-state index in [9.17, 15) is 22.8 Å². The summed E-state index contributed by atoms with van der Waals surface area (Å²) < 4.78 is 45.5. The summed E-state index contributed by atoms with van der Waals surface area (Å²) in [6.07, 6.45) is 0.611. The molecule has 1 aliphatic heterocycles. The van der Waals surface area contributed by atoms with E-state index in [0.717, 1.165) is 21.7 Å². The van der Waals surface area contributed by atoms with Gasteiger partial charge in [-0.25, -0.2) is 23.2 Å². The molecule has 4 atom stereocenters. The highest BCUT2D eigenvalue weighted by atomic mass is 32.2. The van der Waals surface area contributed by atoms with Crippen LogP contribution in [0.1, 0.15) is 90.8 Å². The Kier molecular flexibility index (Phi) is 9.76. The molecule has 3 aromatic rings. The SMILES string of the molecule is CC[C@@H]1C[C@]1(NC(=O)[C@@H]1C[C@@H](Oc2cc(-c3nc(C(C)C)cs3)nc3c(C)c(OC)ccc23)CN1C(=O)OC(C)(C)C)C(=O)NS(=O)(=O)C1CC1. The van der Waals surface area contributed by atoms with Gasteiger partial charge in [0.05, 0.1) is 30.1 Å². The number of likely N-dealkylation sites (tertiary alicyclic amines) is 1. The Morgan fingerprint density at radius 3 is 2.45 bits per heavy atom. The number of thiazole rings is 1. The van der Waals surface area contributed by atoms with Crippen molar-refractivity contribution >= 4 is 50.2 Å². The van der Waals surface area contributed by atoms with Gasteiger partial charge >= 0.3 is 6.09 Å². The zero-order valence-electron chi connectivity index (χ0n) is 30.4. The van der Waals surface area contributed by atoms with Crippen molar-refractivity contribution in [3.63, 3.8) is 0 Å². The smallest absolute Gasteiger partial charge is 0.411 e. The third-order valence-corrected chi connectivity index (χ3v) is 12.4. The molecule has 1 aromatic carbocycles. The Morgan fingerprint density at radius 2 is 1.86 bits per heavy atom. The first-order valence-electron chi connectivity index (χ1n) is 17.4. The van der Waals surface area contributed by atoms with Gasteiger partial charge in [-0.2, -0.15) is 0 Å². The topological polar surface area (TPSA) is 166 Å². The molecule has 2 saturated carbocycles. The molecule has 3 amide bonds. The first-order valence-corrected chi connectivity index (χ1v) is 19.9. The summed E-state index contributed by atoms with van der Waals surface area (Å²) in [6, 6.07) is 4.50. The lowest BCUT2D eigenvalue weighted by atomic mass is 10.1. The highest BCUT2D eigenvalue weighted by molar-refractivity contribution is 7.91. The number of methoxy groups -OCH3 is 1. The fourth-order valence-electron chi connectivity index (χ4n) is 6.61. The molecule has 13 nitrogen and oxygen atoms in total. The van der Waals surface area contributed by atoms with E-state index in [4.69, 9.17) is 24.2 Å². The molecule has 3 fully saturated rings. The van der Waals surface area contributed by atoms with Crippen LogP contribution in [0.3, 0.4) is 0 Å². The average Bonchev–Trinajstić information content (AvgIpc) is 3.93. The second-order valence-corrected chi connectivity index (χ2v) is 17.9. The molecular formula is C36H47N5O8S2. The van der Waals surface area contributed by atoms with Crippen molar-refractivity contribution < 1.29 is 37.0 Å². The molecule has 15 heteroatoms. The van der Waals surface area contributed by atoms with Gasteiger partial charge in [-0.3, -0.25) is 19.2 Å². The van der Waals surface area contributed by atoms with Gasteiger partial charge in [-0.1, -0.05) is 27.2 Å². The van der Waals surface area contributed by atoms with Crippen LogP contribution in [0.2, 0.25) is 0 Å². The van der Waals surface area contributed by atoms with Gasteiger partial charge in [0.25, 0.3) is 5.91 Å². The monoisotopic (exact) mass is 741 g/mol. The minimum absolute atomic E-state index is 0.0303. The normalized spacial score (nSPS) is 23.3. The Bertz CT molecular complexity index is 1970. The molecule has 3 aliphatic rings. The highest BCUT2D eigenvalue weighted by Gasteiger charge is 2.62. The summed E-state index contributed by atoms with van der Waals surface area (Å²) >= 11 is 1.49. The average molecular weight is 742 g/mol. The number of rotatable bonds is 11. The molecule has 2 aromatic heterocycles. The molecule has 0 spiro atoms. The van der Waals surface area contributed by atoms with Crippen LogP contribution in [0.5, 0.6) is 11.5 Å². The molecule has 0 bridgehead atoms. The summed E-state index contributed by atoms with van der Waals surface area (Å²) in [5, 5.41) is 5.75. The molecule has 2 N–H and O–H groups in total. The van der Waals surface area contributed by atoms with E-state index in [1.807, 2.05) is 37.4 Å². The van der Waals surface area contributed by atoms with E-state index in [1.54, 1.807) is 27.9 Å². The number of nitrogens with one attached hydrogen (secondary N) is 2. The fourth-order valence-corrected chi connectivity index (χ4v) is 8.91. The number of fused-ring (bicyclic) bond motifs is 1. The first kappa shape index (κ1) is 36.8. The van der Waals surface area contributed by atoms with Crippen LogP contribution in [0, 0.1) is 12.8 Å². The van der Waals surface area contributed by atoms with Crippen LogP contribution in [-0.4, -0.2) is 83.4 Å². The summed E-state index contributed by atoms with van der Waals surface area (Å²) in [6.45, 7) is 13.2. The van der Waals surface area contributed by atoms with E-state index < -0.39 is 56.5 Å². The van der Waals surface area contributed by atoms with Gasteiger partial charge in [-0.05, 0) is 70.9 Å². The minimum Gasteiger partial charge on any atom is -0.496 e. The van der Waals surface area contributed by atoms with Crippen molar-refractivity contribution in [2.75, 3.05) is 13.7 Å². The van der Waals surface area contributed by atoms with Crippen LogP contribution in [-0.2, 0) is 24.3 Å². The number of hydrogen-bond donors (Lipinski definition) is 2.